The first kappa shape index (κ1) is 24.3. The fraction of sp³-hybridized carbons (Fsp3) is 0.926. The Hall–Kier alpha value is 0.700. The molecule has 0 amide bonds. The molecule has 4 aliphatic rings. The van der Waals surface area contributed by atoms with Crippen molar-refractivity contribution in [2.75, 3.05) is 0 Å². The molecule has 29 heavy (non-hydrogen) atoms. The van der Waals surface area contributed by atoms with E-state index in [2.05, 4.69) is 40.7 Å². The predicted molar refractivity (Wildman–Crippen MR) is 125 cm³/mol. The molecule has 4 aliphatic carbocycles. The first-order valence-electron chi connectivity index (χ1n) is 12.6. The number of fused-ring (bicyclic) bond motifs is 5. The maximum Gasteiger partial charge on any atom is 0.0577 e. The van der Waals surface area contributed by atoms with E-state index in [0.29, 0.717) is 10.8 Å². The molecule has 0 unspecified atom stereocenters. The van der Waals surface area contributed by atoms with Crippen LogP contribution in [0.15, 0.2) is 11.6 Å². The van der Waals surface area contributed by atoms with E-state index >= 15 is 0 Å². The van der Waals surface area contributed by atoms with Crippen molar-refractivity contribution in [3.63, 3.8) is 0 Å². The molecule has 0 spiro atoms. The van der Waals surface area contributed by atoms with Gasteiger partial charge in [0.1, 0.15) is 0 Å². The Morgan fingerprint density at radius 3 is 2.48 bits per heavy atom. The predicted octanol–water partition coefficient (Wildman–Crippen LogP) is 7.01. The molecule has 0 bridgehead atoms. The molecule has 1 radical (unpaired) electrons. The topological polar surface area (TPSA) is 20.2 Å². The standard InChI is InChI=1S/C27H46O.Na/c1-18(2)7-6-8-19(3)23-11-12-24-22-10-9-20-17-21(28)13-15-26(20,4)25(22)14-16-27(23,24)5;/h9,18-19,21-25,28H,6-8,10-17H2,1-5H3;/t19-,21+,22+,23-,24+,25+,26+,27-;/m1./s1. The molecule has 1 nitrogen and oxygen atoms in total. The second-order valence-corrected chi connectivity index (χ2v) is 12.2. The van der Waals surface area contributed by atoms with Crippen molar-refractivity contribution >= 4 is 29.6 Å². The summed E-state index contributed by atoms with van der Waals surface area (Å²) in [5, 5.41) is 10.2. The van der Waals surface area contributed by atoms with Gasteiger partial charge in [-0.25, -0.2) is 0 Å². The minimum atomic E-state index is -0.0766. The van der Waals surface area contributed by atoms with Gasteiger partial charge in [0.15, 0.2) is 0 Å². The monoisotopic (exact) mass is 409 g/mol. The van der Waals surface area contributed by atoms with Crippen LogP contribution >= 0.6 is 0 Å². The number of aliphatic hydroxyl groups excluding tert-OH is 1. The van der Waals surface area contributed by atoms with E-state index < -0.39 is 0 Å². The maximum absolute atomic E-state index is 10.2. The van der Waals surface area contributed by atoms with Gasteiger partial charge in [0.05, 0.1) is 6.10 Å². The molecular weight excluding hydrogens is 363 g/mol. The van der Waals surface area contributed by atoms with E-state index in [-0.39, 0.29) is 35.7 Å². The van der Waals surface area contributed by atoms with Crippen molar-refractivity contribution in [1.29, 1.82) is 0 Å². The second-order valence-electron chi connectivity index (χ2n) is 12.2. The first-order valence-corrected chi connectivity index (χ1v) is 12.6. The van der Waals surface area contributed by atoms with Crippen LogP contribution in [-0.4, -0.2) is 40.8 Å². The molecule has 0 aromatic rings. The van der Waals surface area contributed by atoms with Crippen LogP contribution in [0.2, 0.25) is 0 Å². The van der Waals surface area contributed by atoms with Crippen LogP contribution in [0.25, 0.3) is 0 Å². The van der Waals surface area contributed by atoms with Crippen molar-refractivity contribution < 1.29 is 5.11 Å². The number of allylic oxidation sites excluding steroid dienone is 1. The minimum absolute atomic E-state index is 0. The third-order valence-corrected chi connectivity index (χ3v) is 10.3. The Kier molecular flexibility index (Phi) is 7.79. The van der Waals surface area contributed by atoms with Gasteiger partial charge < -0.3 is 5.11 Å². The molecule has 2 heteroatoms. The van der Waals surface area contributed by atoms with Gasteiger partial charge in [-0.3, -0.25) is 0 Å². The van der Waals surface area contributed by atoms with Crippen LogP contribution in [-0.2, 0) is 0 Å². The van der Waals surface area contributed by atoms with E-state index in [0.717, 1.165) is 48.3 Å². The number of aliphatic hydroxyl groups is 1. The van der Waals surface area contributed by atoms with Gasteiger partial charge >= 0.3 is 0 Å². The quantitative estimate of drug-likeness (QED) is 0.382. The van der Waals surface area contributed by atoms with Crippen molar-refractivity contribution in [3.8, 4) is 0 Å². The zero-order valence-electron chi connectivity index (χ0n) is 20.3. The molecule has 3 fully saturated rings. The summed E-state index contributed by atoms with van der Waals surface area (Å²) in [4.78, 5) is 0. The molecule has 3 saturated carbocycles. The molecule has 0 aromatic carbocycles. The van der Waals surface area contributed by atoms with Gasteiger partial charge in [-0.2, -0.15) is 0 Å². The summed E-state index contributed by atoms with van der Waals surface area (Å²) in [6, 6.07) is 0. The Morgan fingerprint density at radius 1 is 1.00 bits per heavy atom. The summed E-state index contributed by atoms with van der Waals surface area (Å²) in [6.45, 7) is 12.6. The van der Waals surface area contributed by atoms with Crippen LogP contribution in [0, 0.1) is 46.3 Å². The summed E-state index contributed by atoms with van der Waals surface area (Å²) in [5.74, 6) is 5.46. The minimum Gasteiger partial charge on any atom is -0.393 e. The zero-order valence-corrected chi connectivity index (χ0v) is 22.3. The van der Waals surface area contributed by atoms with Crippen molar-refractivity contribution in [2.45, 2.75) is 111 Å². The smallest absolute Gasteiger partial charge is 0.0577 e. The average Bonchev–Trinajstić information content (AvgIpc) is 2.99. The van der Waals surface area contributed by atoms with Crippen molar-refractivity contribution in [1.82, 2.24) is 0 Å². The van der Waals surface area contributed by atoms with E-state index in [9.17, 15) is 5.11 Å². The normalized spacial score (nSPS) is 44.9. The zero-order chi connectivity index (χ0) is 20.1. The number of rotatable bonds is 5. The van der Waals surface area contributed by atoms with E-state index in [1.165, 1.54) is 57.8 Å². The van der Waals surface area contributed by atoms with Gasteiger partial charge in [-0.1, -0.05) is 65.5 Å². The molecule has 8 atom stereocenters. The summed E-state index contributed by atoms with van der Waals surface area (Å²) in [6.07, 6.45) is 17.2. The van der Waals surface area contributed by atoms with Gasteiger partial charge in [0.2, 0.25) is 0 Å². The molecule has 0 aliphatic heterocycles. The van der Waals surface area contributed by atoms with E-state index in [4.69, 9.17) is 0 Å². The molecule has 4 rings (SSSR count). The van der Waals surface area contributed by atoms with Crippen LogP contribution in [0.1, 0.15) is 105 Å². The Bertz CT molecular complexity index is 597. The fourth-order valence-corrected chi connectivity index (χ4v) is 8.67. The Morgan fingerprint density at radius 2 is 1.76 bits per heavy atom. The third kappa shape index (κ3) is 4.34. The van der Waals surface area contributed by atoms with Crippen molar-refractivity contribution in [2.24, 2.45) is 46.3 Å². The summed E-state index contributed by atoms with van der Waals surface area (Å²) < 4.78 is 0. The number of hydrogen-bond donors (Lipinski definition) is 1. The van der Waals surface area contributed by atoms with Gasteiger partial charge in [0.25, 0.3) is 0 Å². The SMILES string of the molecule is CC(C)CCC[C@@H](C)[C@H]1CC[C@H]2[C@@H]3CC=C4C[C@@H](O)CC[C@]4(C)[C@H]3CC[C@]12C.[Na]. The van der Waals surface area contributed by atoms with E-state index in [1.807, 2.05) is 0 Å². The summed E-state index contributed by atoms with van der Waals surface area (Å²) in [7, 11) is 0. The maximum atomic E-state index is 10.2. The largest absolute Gasteiger partial charge is 0.393 e. The average molecular weight is 410 g/mol. The molecule has 0 aromatic heterocycles. The first-order chi connectivity index (χ1) is 13.3. The van der Waals surface area contributed by atoms with Crippen LogP contribution < -0.4 is 0 Å². The van der Waals surface area contributed by atoms with E-state index in [1.54, 1.807) is 5.57 Å². The van der Waals surface area contributed by atoms with Crippen molar-refractivity contribution in [3.05, 3.63) is 11.6 Å². The van der Waals surface area contributed by atoms with Crippen LogP contribution in [0.3, 0.4) is 0 Å². The summed E-state index contributed by atoms with van der Waals surface area (Å²) >= 11 is 0. The summed E-state index contributed by atoms with van der Waals surface area (Å²) in [5.41, 5.74) is 2.60. The van der Waals surface area contributed by atoms with Gasteiger partial charge in [-0.15, -0.1) is 0 Å². The van der Waals surface area contributed by atoms with Crippen LogP contribution in [0.4, 0.5) is 0 Å². The number of hydrogen-bond acceptors (Lipinski definition) is 1. The van der Waals surface area contributed by atoms with Gasteiger partial charge in [-0.05, 0) is 97.7 Å². The molecule has 0 heterocycles. The van der Waals surface area contributed by atoms with Crippen LogP contribution in [0.5, 0.6) is 0 Å². The molecule has 0 saturated heterocycles. The van der Waals surface area contributed by atoms with Gasteiger partial charge in [0, 0.05) is 29.6 Å². The second kappa shape index (κ2) is 9.29. The Labute approximate surface area is 203 Å². The third-order valence-electron chi connectivity index (χ3n) is 10.3. The fourth-order valence-electron chi connectivity index (χ4n) is 8.67. The Balaban J connectivity index is 0.00000240. The molecule has 161 valence electrons. The molecule has 1 N–H and O–H groups in total. The molecular formula is C27H46NaO.